The molecule has 0 amide bonds. The van der Waals surface area contributed by atoms with Crippen LogP contribution in [-0.4, -0.2) is 30.6 Å². The van der Waals surface area contributed by atoms with Crippen LogP contribution in [-0.2, 0) is 0 Å². The molecule has 3 aliphatic heterocycles. The zero-order valence-electron chi connectivity index (χ0n) is 13.9. The molecule has 3 heterocycles. The van der Waals surface area contributed by atoms with Gasteiger partial charge >= 0.3 is 0 Å². The minimum absolute atomic E-state index is 0. The molecular formula is C19H27ClN2S. The normalized spacial score (nSPS) is 35.7. The van der Waals surface area contributed by atoms with Gasteiger partial charge in [-0.15, -0.1) is 24.2 Å². The van der Waals surface area contributed by atoms with Crippen molar-refractivity contribution in [3.8, 4) is 0 Å². The van der Waals surface area contributed by atoms with Crippen LogP contribution in [0.25, 0.3) is 0 Å². The lowest BCUT2D eigenvalue weighted by molar-refractivity contribution is 0.208. The number of hydrogen-bond donors (Lipinski definition) is 1. The summed E-state index contributed by atoms with van der Waals surface area (Å²) in [6.07, 6.45) is 9.45. The molecule has 0 aromatic rings. The van der Waals surface area contributed by atoms with E-state index in [-0.39, 0.29) is 12.4 Å². The third-order valence-electron chi connectivity index (χ3n) is 6.26. The fourth-order valence-corrected chi connectivity index (χ4v) is 6.06. The van der Waals surface area contributed by atoms with E-state index in [0.717, 1.165) is 30.8 Å². The summed E-state index contributed by atoms with van der Waals surface area (Å²) in [6, 6.07) is 0.704. The Hall–Kier alpha value is -0.380. The number of fused-ring (bicyclic) bond motifs is 2. The van der Waals surface area contributed by atoms with Gasteiger partial charge in [-0.25, -0.2) is 0 Å². The largest absolute Gasteiger partial charge is 0.360 e. The van der Waals surface area contributed by atoms with Crippen LogP contribution in [0.1, 0.15) is 39.0 Å². The number of rotatable bonds is 2. The average Bonchev–Trinajstić information content (AvgIpc) is 3.30. The lowest BCUT2D eigenvalue weighted by atomic mass is 9.83. The second-order valence-corrected chi connectivity index (χ2v) is 8.76. The Morgan fingerprint density at radius 1 is 1.30 bits per heavy atom. The molecule has 23 heavy (non-hydrogen) atoms. The van der Waals surface area contributed by atoms with Crippen molar-refractivity contribution in [2.45, 2.75) is 45.1 Å². The van der Waals surface area contributed by atoms with Crippen molar-refractivity contribution in [1.82, 2.24) is 10.2 Å². The summed E-state index contributed by atoms with van der Waals surface area (Å²) in [5.41, 5.74) is 5.13. The van der Waals surface area contributed by atoms with E-state index in [4.69, 9.17) is 0 Å². The van der Waals surface area contributed by atoms with E-state index >= 15 is 0 Å². The molecule has 0 bridgehead atoms. The number of allylic oxidation sites excluding steroid dienone is 2. The maximum atomic E-state index is 3.75. The van der Waals surface area contributed by atoms with E-state index in [1.54, 1.807) is 21.7 Å². The number of halogens is 1. The molecule has 0 aromatic carbocycles. The number of nitrogens with zero attached hydrogens (tertiary/aromatic N) is 1. The molecule has 0 aromatic heterocycles. The Morgan fingerprint density at radius 3 is 3.00 bits per heavy atom. The summed E-state index contributed by atoms with van der Waals surface area (Å²) in [6.45, 7) is 5.91. The van der Waals surface area contributed by atoms with Crippen molar-refractivity contribution < 1.29 is 0 Å². The fourth-order valence-electron chi connectivity index (χ4n) is 5.03. The smallest absolute Gasteiger partial charge is 0.0565 e. The molecule has 0 radical (unpaired) electrons. The van der Waals surface area contributed by atoms with E-state index in [1.807, 2.05) is 11.8 Å². The Bertz CT molecular complexity index is 590. The molecule has 2 aliphatic carbocycles. The first-order chi connectivity index (χ1) is 10.8. The highest BCUT2D eigenvalue weighted by molar-refractivity contribution is 8.05. The van der Waals surface area contributed by atoms with Crippen molar-refractivity contribution in [1.29, 1.82) is 0 Å². The summed E-state index contributed by atoms with van der Waals surface area (Å²) >= 11 is 2.00. The molecule has 1 saturated carbocycles. The summed E-state index contributed by atoms with van der Waals surface area (Å²) < 4.78 is 0. The Kier molecular flexibility index (Phi) is 4.32. The summed E-state index contributed by atoms with van der Waals surface area (Å²) in [5.74, 6) is 2.60. The van der Waals surface area contributed by atoms with Crippen LogP contribution in [0.2, 0.25) is 0 Å². The predicted molar refractivity (Wildman–Crippen MR) is 101 cm³/mol. The van der Waals surface area contributed by atoms with Gasteiger partial charge in [0.1, 0.15) is 0 Å². The van der Waals surface area contributed by atoms with Gasteiger partial charge < -0.3 is 10.2 Å². The molecule has 1 saturated heterocycles. The van der Waals surface area contributed by atoms with E-state index < -0.39 is 0 Å². The zero-order chi connectivity index (χ0) is 14.7. The van der Waals surface area contributed by atoms with Gasteiger partial charge in [-0.2, -0.15) is 0 Å². The molecule has 4 heteroatoms. The predicted octanol–water partition coefficient (Wildman–Crippen LogP) is 4.31. The lowest BCUT2D eigenvalue weighted by Crippen LogP contribution is -2.48. The third kappa shape index (κ3) is 2.60. The van der Waals surface area contributed by atoms with Crippen molar-refractivity contribution in [3.05, 3.63) is 33.2 Å². The van der Waals surface area contributed by atoms with Crippen molar-refractivity contribution in [2.24, 2.45) is 17.8 Å². The molecule has 3 atom stereocenters. The van der Waals surface area contributed by atoms with Gasteiger partial charge in [0, 0.05) is 24.5 Å². The highest BCUT2D eigenvalue weighted by atomic mass is 35.5. The topological polar surface area (TPSA) is 15.3 Å². The Balaban J connectivity index is 0.00000135. The third-order valence-corrected chi connectivity index (χ3v) is 7.43. The van der Waals surface area contributed by atoms with Crippen LogP contribution >= 0.6 is 24.2 Å². The molecule has 3 unspecified atom stereocenters. The number of hydrogen-bond acceptors (Lipinski definition) is 3. The first-order valence-corrected chi connectivity index (χ1v) is 9.96. The van der Waals surface area contributed by atoms with Crippen LogP contribution < -0.4 is 5.32 Å². The van der Waals surface area contributed by atoms with Gasteiger partial charge in [-0.1, -0.05) is 25.8 Å². The van der Waals surface area contributed by atoms with Gasteiger partial charge in [0.05, 0.1) is 11.7 Å². The minimum atomic E-state index is 0. The van der Waals surface area contributed by atoms with Gasteiger partial charge in [0.15, 0.2) is 0 Å². The van der Waals surface area contributed by atoms with E-state index in [1.165, 1.54) is 38.6 Å². The number of piperidine rings is 1. The van der Waals surface area contributed by atoms with Gasteiger partial charge in [0.2, 0.25) is 0 Å². The van der Waals surface area contributed by atoms with Crippen LogP contribution in [0.3, 0.4) is 0 Å². The monoisotopic (exact) mass is 350 g/mol. The highest BCUT2D eigenvalue weighted by Crippen LogP contribution is 2.52. The Labute approximate surface area is 150 Å². The van der Waals surface area contributed by atoms with Crippen molar-refractivity contribution >= 4 is 24.2 Å². The first-order valence-electron chi connectivity index (χ1n) is 9.08. The lowest BCUT2D eigenvalue weighted by Gasteiger charge is -2.39. The zero-order valence-corrected chi connectivity index (χ0v) is 15.5. The highest BCUT2D eigenvalue weighted by Gasteiger charge is 2.46. The molecule has 5 rings (SSSR count). The summed E-state index contributed by atoms with van der Waals surface area (Å²) in [4.78, 5) is 4.45. The second-order valence-electron chi connectivity index (χ2n) is 7.81. The van der Waals surface area contributed by atoms with Crippen LogP contribution in [0.5, 0.6) is 0 Å². The maximum absolute atomic E-state index is 3.75. The van der Waals surface area contributed by atoms with Crippen molar-refractivity contribution in [3.63, 3.8) is 0 Å². The number of nitrogens with one attached hydrogen (secondary N) is 1. The molecule has 126 valence electrons. The first kappa shape index (κ1) is 16.1. The molecule has 1 N–H and O–H groups in total. The van der Waals surface area contributed by atoms with Crippen LogP contribution in [0.4, 0.5) is 0 Å². The van der Waals surface area contributed by atoms with Gasteiger partial charge in [0.25, 0.3) is 0 Å². The average molecular weight is 351 g/mol. The number of thioether (sulfide) groups is 1. The molecule has 2 nitrogen and oxygen atoms in total. The van der Waals surface area contributed by atoms with Crippen LogP contribution in [0.15, 0.2) is 33.2 Å². The standard InChI is InChI=1S/C19H26N2S.ClH/c1-12-3-6-15-16-11-20-10-14(9-13-4-5-13)17(16)21-7-2-8-22-19(12)18(15)21;/h2,8,12-14,17,20H,3-7,9-11H2,1H3;1H. The van der Waals surface area contributed by atoms with E-state index in [9.17, 15) is 0 Å². The van der Waals surface area contributed by atoms with Gasteiger partial charge in [-0.3, -0.25) is 0 Å². The molecule has 2 fully saturated rings. The molecule has 5 aliphatic rings. The van der Waals surface area contributed by atoms with E-state index in [2.05, 4.69) is 28.6 Å². The van der Waals surface area contributed by atoms with E-state index in [0.29, 0.717) is 6.04 Å². The summed E-state index contributed by atoms with van der Waals surface area (Å²) in [5, 5.41) is 6.09. The minimum Gasteiger partial charge on any atom is -0.360 e. The van der Waals surface area contributed by atoms with Gasteiger partial charge in [-0.05, 0) is 53.6 Å². The molecule has 0 spiro atoms. The molecular weight excluding hydrogens is 324 g/mol. The maximum Gasteiger partial charge on any atom is 0.0565 e. The quantitative estimate of drug-likeness (QED) is 0.798. The van der Waals surface area contributed by atoms with Crippen molar-refractivity contribution in [2.75, 3.05) is 19.6 Å². The Morgan fingerprint density at radius 2 is 2.17 bits per heavy atom. The van der Waals surface area contributed by atoms with Crippen LogP contribution in [0, 0.1) is 17.8 Å². The second kappa shape index (κ2) is 6.16. The SMILES string of the molecule is CC1CCC2=C3CNCC(CC4CC4)C3N3CC=CSC1=C23.Cl. The fraction of sp³-hybridized carbons (Fsp3) is 0.684. The summed E-state index contributed by atoms with van der Waals surface area (Å²) in [7, 11) is 0.